The van der Waals surface area contributed by atoms with Gasteiger partial charge in [-0.15, -0.1) is 0 Å². The molecule has 0 amide bonds. The molecule has 1 aromatic carbocycles. The highest BCUT2D eigenvalue weighted by molar-refractivity contribution is 5.17. The molecule has 1 aliphatic rings. The number of hydrazine groups is 1. The van der Waals surface area contributed by atoms with Crippen molar-refractivity contribution in [3.63, 3.8) is 0 Å². The molecule has 1 atom stereocenters. The van der Waals surface area contributed by atoms with Crippen LogP contribution in [0.1, 0.15) is 44.1 Å². The number of nitrogens with one attached hydrogen (secondary N) is 1. The Balaban J connectivity index is 1.99. The summed E-state index contributed by atoms with van der Waals surface area (Å²) < 4.78 is 13.2. The summed E-state index contributed by atoms with van der Waals surface area (Å²) in [5, 5.41) is 0. The fourth-order valence-corrected chi connectivity index (χ4v) is 2.99. The van der Waals surface area contributed by atoms with Gasteiger partial charge in [-0.05, 0) is 42.9 Å². The van der Waals surface area contributed by atoms with E-state index in [2.05, 4.69) is 5.43 Å². The van der Waals surface area contributed by atoms with Crippen LogP contribution in [0.4, 0.5) is 4.39 Å². The molecule has 3 heteroatoms. The summed E-state index contributed by atoms with van der Waals surface area (Å²) in [6.45, 7) is 0. The van der Waals surface area contributed by atoms with Gasteiger partial charge in [0.15, 0.2) is 0 Å². The van der Waals surface area contributed by atoms with Gasteiger partial charge in [0.25, 0.3) is 0 Å². The first-order valence-corrected chi connectivity index (χ1v) is 7.00. The lowest BCUT2D eigenvalue weighted by atomic mass is 9.88. The second-order valence-electron chi connectivity index (χ2n) is 5.36. The number of nitrogens with two attached hydrogens (primary N) is 1. The molecule has 0 aliphatic heterocycles. The van der Waals surface area contributed by atoms with Gasteiger partial charge in [-0.3, -0.25) is 11.3 Å². The van der Waals surface area contributed by atoms with Gasteiger partial charge in [0, 0.05) is 6.04 Å². The van der Waals surface area contributed by atoms with E-state index in [1.165, 1.54) is 44.6 Å². The maximum atomic E-state index is 13.2. The van der Waals surface area contributed by atoms with Crippen LogP contribution in [0.3, 0.4) is 0 Å². The molecular weight excluding hydrogens is 227 g/mol. The molecule has 0 radical (unpaired) electrons. The maximum Gasteiger partial charge on any atom is 0.123 e. The topological polar surface area (TPSA) is 38.0 Å². The third-order valence-electron chi connectivity index (χ3n) is 4.03. The molecule has 18 heavy (non-hydrogen) atoms. The van der Waals surface area contributed by atoms with Gasteiger partial charge in [0.2, 0.25) is 0 Å². The molecule has 2 rings (SSSR count). The Morgan fingerprint density at radius 3 is 2.56 bits per heavy atom. The van der Waals surface area contributed by atoms with Crippen molar-refractivity contribution in [1.29, 1.82) is 0 Å². The molecule has 0 aromatic heterocycles. The monoisotopic (exact) mass is 250 g/mol. The molecule has 100 valence electrons. The summed E-state index contributed by atoms with van der Waals surface area (Å²) in [4.78, 5) is 0. The molecule has 0 saturated heterocycles. The van der Waals surface area contributed by atoms with E-state index >= 15 is 0 Å². The van der Waals surface area contributed by atoms with Gasteiger partial charge in [-0.2, -0.15) is 0 Å². The third-order valence-corrected chi connectivity index (χ3v) is 4.03. The van der Waals surface area contributed by atoms with Crippen LogP contribution >= 0.6 is 0 Å². The van der Waals surface area contributed by atoms with Crippen LogP contribution in [0.5, 0.6) is 0 Å². The Morgan fingerprint density at radius 2 is 1.94 bits per heavy atom. The smallest absolute Gasteiger partial charge is 0.123 e. The van der Waals surface area contributed by atoms with Crippen LogP contribution in [0, 0.1) is 11.7 Å². The average Bonchev–Trinajstić information content (AvgIpc) is 2.65. The minimum Gasteiger partial charge on any atom is -0.271 e. The van der Waals surface area contributed by atoms with E-state index in [1.54, 1.807) is 12.1 Å². The normalized spacial score (nSPS) is 19.4. The van der Waals surface area contributed by atoms with Crippen molar-refractivity contribution < 1.29 is 4.39 Å². The molecule has 2 nitrogen and oxygen atoms in total. The van der Waals surface area contributed by atoms with Gasteiger partial charge in [-0.1, -0.05) is 37.8 Å². The molecule has 0 bridgehead atoms. The zero-order valence-electron chi connectivity index (χ0n) is 10.9. The molecule has 1 unspecified atom stereocenters. The van der Waals surface area contributed by atoms with E-state index in [0.29, 0.717) is 5.92 Å². The van der Waals surface area contributed by atoms with Gasteiger partial charge in [0.05, 0.1) is 0 Å². The van der Waals surface area contributed by atoms with Crippen molar-refractivity contribution >= 4 is 0 Å². The van der Waals surface area contributed by atoms with E-state index < -0.39 is 0 Å². The number of halogens is 1. The lowest BCUT2D eigenvalue weighted by Gasteiger charge is -2.25. The first kappa shape index (κ1) is 13.5. The fraction of sp³-hybridized carbons (Fsp3) is 0.600. The Labute approximate surface area is 109 Å². The molecule has 1 fully saturated rings. The molecule has 1 aliphatic carbocycles. The lowest BCUT2D eigenvalue weighted by Crippen LogP contribution is -2.42. The van der Waals surface area contributed by atoms with Crippen molar-refractivity contribution in [1.82, 2.24) is 5.43 Å². The van der Waals surface area contributed by atoms with Crippen LogP contribution < -0.4 is 11.3 Å². The highest BCUT2D eigenvalue weighted by Crippen LogP contribution is 2.27. The highest BCUT2D eigenvalue weighted by Gasteiger charge is 2.22. The van der Waals surface area contributed by atoms with Crippen LogP contribution in [-0.2, 0) is 6.42 Å². The van der Waals surface area contributed by atoms with E-state index in [1.807, 2.05) is 6.07 Å². The fourth-order valence-electron chi connectivity index (χ4n) is 2.99. The summed E-state index contributed by atoms with van der Waals surface area (Å²) in [7, 11) is 0. The Bertz CT molecular complexity index is 359. The van der Waals surface area contributed by atoms with Gasteiger partial charge in [0.1, 0.15) is 5.82 Å². The van der Waals surface area contributed by atoms with E-state index in [0.717, 1.165) is 12.0 Å². The van der Waals surface area contributed by atoms with Crippen LogP contribution in [0.15, 0.2) is 24.3 Å². The quantitative estimate of drug-likeness (QED) is 0.489. The average molecular weight is 250 g/mol. The Hall–Kier alpha value is -0.930. The third kappa shape index (κ3) is 3.79. The Morgan fingerprint density at radius 1 is 1.22 bits per heavy atom. The lowest BCUT2D eigenvalue weighted by molar-refractivity contribution is 0.320. The number of rotatable bonds is 4. The summed E-state index contributed by atoms with van der Waals surface area (Å²) >= 11 is 0. The minimum atomic E-state index is -0.163. The van der Waals surface area contributed by atoms with Crippen molar-refractivity contribution in [3.05, 3.63) is 35.6 Å². The molecule has 0 spiro atoms. The van der Waals surface area contributed by atoms with E-state index in [-0.39, 0.29) is 11.9 Å². The number of hydrogen-bond donors (Lipinski definition) is 2. The van der Waals surface area contributed by atoms with E-state index in [4.69, 9.17) is 5.84 Å². The summed E-state index contributed by atoms with van der Waals surface area (Å²) in [6.07, 6.45) is 8.58. The maximum absolute atomic E-state index is 13.2. The van der Waals surface area contributed by atoms with Crippen LogP contribution in [0.25, 0.3) is 0 Å². The highest BCUT2D eigenvalue weighted by atomic mass is 19.1. The first-order valence-electron chi connectivity index (χ1n) is 7.00. The van der Waals surface area contributed by atoms with Gasteiger partial charge in [-0.25, -0.2) is 4.39 Å². The standard InChI is InChI=1S/C15H23FN2/c16-14-9-5-6-12(10-14)11-15(18-17)13-7-3-1-2-4-8-13/h5-6,9-10,13,15,18H,1-4,7-8,11,17H2. The molecule has 1 saturated carbocycles. The van der Waals surface area contributed by atoms with Crippen molar-refractivity contribution in [2.75, 3.05) is 0 Å². The van der Waals surface area contributed by atoms with Crippen molar-refractivity contribution in [2.24, 2.45) is 11.8 Å². The SMILES string of the molecule is NNC(Cc1cccc(F)c1)C1CCCCCC1. The van der Waals surface area contributed by atoms with Crippen molar-refractivity contribution in [3.8, 4) is 0 Å². The van der Waals surface area contributed by atoms with Crippen LogP contribution in [0.2, 0.25) is 0 Å². The zero-order chi connectivity index (χ0) is 12.8. The van der Waals surface area contributed by atoms with Gasteiger partial charge < -0.3 is 0 Å². The number of hydrogen-bond acceptors (Lipinski definition) is 2. The van der Waals surface area contributed by atoms with Crippen LogP contribution in [-0.4, -0.2) is 6.04 Å². The Kier molecular flexibility index (Phi) is 5.14. The second kappa shape index (κ2) is 6.86. The molecule has 3 N–H and O–H groups in total. The molecule has 1 aromatic rings. The predicted molar refractivity (Wildman–Crippen MR) is 72.4 cm³/mol. The summed E-state index contributed by atoms with van der Waals surface area (Å²) in [6, 6.07) is 7.11. The van der Waals surface area contributed by atoms with Gasteiger partial charge >= 0.3 is 0 Å². The second-order valence-corrected chi connectivity index (χ2v) is 5.36. The van der Waals surface area contributed by atoms with E-state index in [9.17, 15) is 4.39 Å². The molecule has 0 heterocycles. The van der Waals surface area contributed by atoms with Crippen molar-refractivity contribution in [2.45, 2.75) is 51.0 Å². The summed E-state index contributed by atoms with van der Waals surface area (Å²) in [5.74, 6) is 6.16. The largest absolute Gasteiger partial charge is 0.271 e. The number of benzene rings is 1. The zero-order valence-corrected chi connectivity index (χ0v) is 10.9. The first-order chi connectivity index (χ1) is 8.79. The summed E-state index contributed by atoms with van der Waals surface area (Å²) in [5.41, 5.74) is 3.97. The molecular formula is C15H23FN2. The predicted octanol–water partition coefficient (Wildman–Crippen LogP) is 3.17. The minimum absolute atomic E-state index is 0.163.